The van der Waals surface area contributed by atoms with E-state index >= 15 is 0 Å². The third-order valence-electron chi connectivity index (χ3n) is 3.70. The Hall–Kier alpha value is -0.570. The first-order chi connectivity index (χ1) is 8.27. The van der Waals surface area contributed by atoms with E-state index in [1.165, 1.54) is 32.1 Å². The summed E-state index contributed by atoms with van der Waals surface area (Å²) in [6, 6.07) is 0.393. The normalized spacial score (nSPS) is 18.9. The molecule has 0 aromatic heterocycles. The Labute approximate surface area is 105 Å². The Morgan fingerprint density at radius 3 is 2.65 bits per heavy atom. The van der Waals surface area contributed by atoms with Gasteiger partial charge in [-0.15, -0.1) is 0 Å². The summed E-state index contributed by atoms with van der Waals surface area (Å²) < 4.78 is 4.94. The predicted molar refractivity (Wildman–Crippen MR) is 69.9 cm³/mol. The number of carbonyl (C=O) groups is 1. The molecule has 1 amide bonds. The van der Waals surface area contributed by atoms with E-state index in [0.717, 1.165) is 12.8 Å². The van der Waals surface area contributed by atoms with Crippen molar-refractivity contribution in [2.75, 3.05) is 13.7 Å². The molecule has 3 heteroatoms. The van der Waals surface area contributed by atoms with Gasteiger partial charge in [0.15, 0.2) is 0 Å². The fraction of sp³-hybridized carbons (Fsp3) is 0.929. The highest BCUT2D eigenvalue weighted by atomic mass is 16.5. The van der Waals surface area contributed by atoms with Crippen LogP contribution < -0.4 is 5.32 Å². The fourth-order valence-corrected chi connectivity index (χ4v) is 2.75. The molecular formula is C14H27NO2. The van der Waals surface area contributed by atoms with Crippen LogP contribution in [0.3, 0.4) is 0 Å². The van der Waals surface area contributed by atoms with Crippen molar-refractivity contribution in [1.29, 1.82) is 0 Å². The second-order valence-corrected chi connectivity index (χ2v) is 5.10. The summed E-state index contributed by atoms with van der Waals surface area (Å²) in [7, 11) is 1.64. The first-order valence-corrected chi connectivity index (χ1v) is 7.06. The van der Waals surface area contributed by atoms with Crippen LogP contribution >= 0.6 is 0 Å². The maximum absolute atomic E-state index is 11.7. The fourth-order valence-electron chi connectivity index (χ4n) is 2.75. The summed E-state index contributed by atoms with van der Waals surface area (Å²) in [6.07, 6.45) is 9.35. The lowest BCUT2D eigenvalue weighted by atomic mass is 9.82. The summed E-state index contributed by atoms with van der Waals surface area (Å²) >= 11 is 0. The SMILES string of the molecule is CCCC(NC(=O)CCOC)C1CCCCC1. The lowest BCUT2D eigenvalue weighted by Gasteiger charge is -2.30. The molecule has 1 unspecified atom stereocenters. The number of carbonyl (C=O) groups excluding carboxylic acids is 1. The Morgan fingerprint density at radius 1 is 1.35 bits per heavy atom. The number of ether oxygens (including phenoxy) is 1. The van der Waals surface area contributed by atoms with Crippen LogP contribution in [0.5, 0.6) is 0 Å². The number of nitrogens with one attached hydrogen (secondary N) is 1. The van der Waals surface area contributed by atoms with Crippen molar-refractivity contribution < 1.29 is 9.53 Å². The van der Waals surface area contributed by atoms with E-state index in [2.05, 4.69) is 12.2 Å². The third-order valence-corrected chi connectivity index (χ3v) is 3.70. The van der Waals surface area contributed by atoms with Gasteiger partial charge in [-0.05, 0) is 25.2 Å². The van der Waals surface area contributed by atoms with Gasteiger partial charge in [-0.25, -0.2) is 0 Å². The minimum absolute atomic E-state index is 0.149. The highest BCUT2D eigenvalue weighted by molar-refractivity contribution is 5.76. The Kier molecular flexibility index (Phi) is 7.25. The van der Waals surface area contributed by atoms with E-state index < -0.39 is 0 Å². The largest absolute Gasteiger partial charge is 0.384 e. The van der Waals surface area contributed by atoms with Gasteiger partial charge in [0.1, 0.15) is 0 Å². The van der Waals surface area contributed by atoms with Crippen LogP contribution in [0.15, 0.2) is 0 Å². The van der Waals surface area contributed by atoms with Gasteiger partial charge in [0, 0.05) is 19.6 Å². The number of rotatable bonds is 7. The molecule has 1 aliphatic carbocycles. The third kappa shape index (κ3) is 5.53. The van der Waals surface area contributed by atoms with Gasteiger partial charge < -0.3 is 10.1 Å². The van der Waals surface area contributed by atoms with Crippen molar-refractivity contribution in [1.82, 2.24) is 5.32 Å². The van der Waals surface area contributed by atoms with Crippen LogP contribution in [0.1, 0.15) is 58.3 Å². The maximum atomic E-state index is 11.7. The molecule has 0 heterocycles. The number of hydrogen-bond acceptors (Lipinski definition) is 2. The molecule has 1 saturated carbocycles. The summed E-state index contributed by atoms with van der Waals surface area (Å²) in [5, 5.41) is 3.20. The van der Waals surface area contributed by atoms with Gasteiger partial charge in [0.25, 0.3) is 0 Å². The quantitative estimate of drug-likeness (QED) is 0.744. The number of amides is 1. The topological polar surface area (TPSA) is 38.3 Å². The Balaban J connectivity index is 2.38. The van der Waals surface area contributed by atoms with Gasteiger partial charge in [0.05, 0.1) is 6.61 Å². The minimum Gasteiger partial charge on any atom is -0.384 e. The Morgan fingerprint density at radius 2 is 2.06 bits per heavy atom. The van der Waals surface area contributed by atoms with E-state index in [4.69, 9.17) is 4.74 Å². The predicted octanol–water partition coefficient (Wildman–Crippen LogP) is 2.89. The summed E-state index contributed by atoms with van der Waals surface area (Å²) in [5.41, 5.74) is 0. The molecule has 0 bridgehead atoms. The molecule has 1 aliphatic rings. The average Bonchev–Trinajstić information content (AvgIpc) is 2.37. The molecule has 1 atom stereocenters. The van der Waals surface area contributed by atoms with E-state index in [9.17, 15) is 4.79 Å². The standard InChI is InChI=1S/C14H27NO2/c1-3-7-13(12-8-5-4-6-9-12)15-14(16)10-11-17-2/h12-13H,3-11H2,1-2H3,(H,15,16). The molecule has 0 saturated heterocycles. The highest BCUT2D eigenvalue weighted by Crippen LogP contribution is 2.28. The van der Waals surface area contributed by atoms with Crippen molar-refractivity contribution >= 4 is 5.91 Å². The first-order valence-electron chi connectivity index (χ1n) is 7.06. The smallest absolute Gasteiger partial charge is 0.222 e. The van der Waals surface area contributed by atoms with Crippen LogP contribution in [0.2, 0.25) is 0 Å². The molecule has 0 aliphatic heterocycles. The van der Waals surface area contributed by atoms with Crippen molar-refractivity contribution in [2.24, 2.45) is 5.92 Å². The minimum atomic E-state index is 0.149. The lowest BCUT2D eigenvalue weighted by molar-refractivity contribution is -0.123. The van der Waals surface area contributed by atoms with Crippen LogP contribution in [0, 0.1) is 5.92 Å². The summed E-state index contributed by atoms with van der Waals surface area (Å²) in [5.74, 6) is 0.853. The number of hydrogen-bond donors (Lipinski definition) is 1. The second-order valence-electron chi connectivity index (χ2n) is 5.10. The molecule has 100 valence electrons. The highest BCUT2D eigenvalue weighted by Gasteiger charge is 2.24. The second kappa shape index (κ2) is 8.51. The monoisotopic (exact) mass is 241 g/mol. The zero-order chi connectivity index (χ0) is 12.5. The van der Waals surface area contributed by atoms with Gasteiger partial charge in [-0.2, -0.15) is 0 Å². The lowest BCUT2D eigenvalue weighted by Crippen LogP contribution is -2.41. The molecule has 3 nitrogen and oxygen atoms in total. The van der Waals surface area contributed by atoms with Crippen LogP contribution in [0.25, 0.3) is 0 Å². The summed E-state index contributed by atoms with van der Waals surface area (Å²) in [6.45, 7) is 2.71. The van der Waals surface area contributed by atoms with Gasteiger partial charge in [0.2, 0.25) is 5.91 Å². The molecule has 1 N–H and O–H groups in total. The number of methoxy groups -OCH3 is 1. The Bertz CT molecular complexity index is 212. The molecular weight excluding hydrogens is 214 g/mol. The molecule has 1 fully saturated rings. The van der Waals surface area contributed by atoms with Crippen LogP contribution in [-0.4, -0.2) is 25.7 Å². The molecule has 0 aromatic carbocycles. The van der Waals surface area contributed by atoms with Crippen molar-refractivity contribution in [3.63, 3.8) is 0 Å². The van der Waals surface area contributed by atoms with Gasteiger partial charge in [-0.1, -0.05) is 32.6 Å². The summed E-state index contributed by atoms with van der Waals surface area (Å²) in [4.78, 5) is 11.7. The van der Waals surface area contributed by atoms with Crippen molar-refractivity contribution in [3.05, 3.63) is 0 Å². The van der Waals surface area contributed by atoms with Crippen LogP contribution in [-0.2, 0) is 9.53 Å². The first kappa shape index (κ1) is 14.5. The average molecular weight is 241 g/mol. The zero-order valence-electron chi connectivity index (χ0n) is 11.3. The van der Waals surface area contributed by atoms with Crippen molar-refractivity contribution in [2.45, 2.75) is 64.3 Å². The molecule has 0 aromatic rings. The molecule has 0 radical (unpaired) electrons. The van der Waals surface area contributed by atoms with Crippen molar-refractivity contribution in [3.8, 4) is 0 Å². The zero-order valence-corrected chi connectivity index (χ0v) is 11.3. The molecule has 0 spiro atoms. The van der Waals surface area contributed by atoms with Gasteiger partial charge in [-0.3, -0.25) is 4.79 Å². The van der Waals surface area contributed by atoms with E-state index in [0.29, 0.717) is 25.0 Å². The van der Waals surface area contributed by atoms with Gasteiger partial charge >= 0.3 is 0 Å². The van der Waals surface area contributed by atoms with E-state index in [1.54, 1.807) is 7.11 Å². The molecule has 17 heavy (non-hydrogen) atoms. The van der Waals surface area contributed by atoms with E-state index in [1.807, 2.05) is 0 Å². The van der Waals surface area contributed by atoms with E-state index in [-0.39, 0.29) is 5.91 Å². The maximum Gasteiger partial charge on any atom is 0.222 e. The molecule has 1 rings (SSSR count). The van der Waals surface area contributed by atoms with Crippen LogP contribution in [0.4, 0.5) is 0 Å².